The second-order valence-corrected chi connectivity index (χ2v) is 5.15. The number of carbonyl (C=O) groups is 1. The fourth-order valence-corrected chi connectivity index (χ4v) is 2.79. The number of hydrogen-bond acceptors (Lipinski definition) is 4. The van der Waals surface area contributed by atoms with Crippen LogP contribution in [0.5, 0.6) is 5.75 Å². The molecule has 1 atom stereocenters. The van der Waals surface area contributed by atoms with Gasteiger partial charge in [-0.2, -0.15) is 0 Å². The molecule has 1 aliphatic rings. The van der Waals surface area contributed by atoms with Gasteiger partial charge in [-0.1, -0.05) is 12.1 Å². The SMILES string of the molecule is COC(=O)C1CCc2nc(-c3ccccc3OC)cn2C1. The van der Waals surface area contributed by atoms with Gasteiger partial charge in [0.2, 0.25) is 0 Å². The van der Waals surface area contributed by atoms with E-state index in [1.165, 1.54) is 7.11 Å². The average molecular weight is 286 g/mol. The number of carbonyl (C=O) groups excluding carboxylic acids is 1. The number of imidazole rings is 1. The van der Waals surface area contributed by atoms with Gasteiger partial charge in [0.05, 0.1) is 25.8 Å². The van der Waals surface area contributed by atoms with Gasteiger partial charge in [0.25, 0.3) is 0 Å². The molecule has 0 fully saturated rings. The van der Waals surface area contributed by atoms with Crippen molar-refractivity contribution >= 4 is 5.97 Å². The highest BCUT2D eigenvalue weighted by molar-refractivity contribution is 5.72. The topological polar surface area (TPSA) is 53.4 Å². The third-order valence-corrected chi connectivity index (χ3v) is 3.91. The van der Waals surface area contributed by atoms with Crippen LogP contribution in [0.15, 0.2) is 30.5 Å². The first-order valence-electron chi connectivity index (χ1n) is 7.00. The van der Waals surface area contributed by atoms with Gasteiger partial charge in [-0.25, -0.2) is 4.98 Å². The molecule has 0 saturated carbocycles. The van der Waals surface area contributed by atoms with Crippen molar-refractivity contribution in [2.75, 3.05) is 14.2 Å². The van der Waals surface area contributed by atoms with Gasteiger partial charge in [-0.3, -0.25) is 4.79 Å². The molecule has 0 amide bonds. The van der Waals surface area contributed by atoms with Crippen LogP contribution in [-0.4, -0.2) is 29.7 Å². The third-order valence-electron chi connectivity index (χ3n) is 3.91. The Morgan fingerprint density at radius 3 is 2.90 bits per heavy atom. The average Bonchev–Trinajstić information content (AvgIpc) is 2.96. The molecule has 0 radical (unpaired) electrons. The lowest BCUT2D eigenvalue weighted by atomic mass is 10.00. The van der Waals surface area contributed by atoms with E-state index >= 15 is 0 Å². The van der Waals surface area contributed by atoms with Crippen LogP contribution >= 0.6 is 0 Å². The zero-order valence-electron chi connectivity index (χ0n) is 12.2. The minimum atomic E-state index is -0.145. The number of fused-ring (bicyclic) bond motifs is 1. The summed E-state index contributed by atoms with van der Waals surface area (Å²) >= 11 is 0. The maximum absolute atomic E-state index is 11.7. The van der Waals surface area contributed by atoms with Crippen molar-refractivity contribution in [1.29, 1.82) is 0 Å². The monoisotopic (exact) mass is 286 g/mol. The highest BCUT2D eigenvalue weighted by atomic mass is 16.5. The minimum Gasteiger partial charge on any atom is -0.496 e. The van der Waals surface area contributed by atoms with E-state index in [0.29, 0.717) is 6.54 Å². The van der Waals surface area contributed by atoms with Gasteiger partial charge in [0, 0.05) is 24.7 Å². The number of rotatable bonds is 3. The lowest BCUT2D eigenvalue weighted by molar-refractivity contribution is -0.146. The van der Waals surface area contributed by atoms with E-state index < -0.39 is 0 Å². The highest BCUT2D eigenvalue weighted by Gasteiger charge is 2.26. The van der Waals surface area contributed by atoms with Crippen molar-refractivity contribution in [1.82, 2.24) is 9.55 Å². The second kappa shape index (κ2) is 5.60. The molecule has 1 unspecified atom stereocenters. The molecular formula is C16H18N2O3. The molecule has 0 bridgehead atoms. The summed E-state index contributed by atoms with van der Waals surface area (Å²) in [4.78, 5) is 16.4. The first-order chi connectivity index (χ1) is 10.2. The number of ether oxygens (including phenoxy) is 2. The molecule has 5 nitrogen and oxygen atoms in total. The van der Waals surface area contributed by atoms with Crippen LogP contribution in [0.2, 0.25) is 0 Å². The predicted molar refractivity (Wildman–Crippen MR) is 78.0 cm³/mol. The zero-order valence-corrected chi connectivity index (χ0v) is 12.2. The fourth-order valence-electron chi connectivity index (χ4n) is 2.79. The number of benzene rings is 1. The van der Waals surface area contributed by atoms with E-state index in [2.05, 4.69) is 4.98 Å². The Morgan fingerprint density at radius 2 is 2.14 bits per heavy atom. The third kappa shape index (κ3) is 2.51. The van der Waals surface area contributed by atoms with Gasteiger partial charge >= 0.3 is 5.97 Å². The second-order valence-electron chi connectivity index (χ2n) is 5.15. The summed E-state index contributed by atoms with van der Waals surface area (Å²) in [5.41, 5.74) is 1.85. The van der Waals surface area contributed by atoms with E-state index in [1.807, 2.05) is 35.0 Å². The molecule has 110 valence electrons. The van der Waals surface area contributed by atoms with Crippen molar-refractivity contribution in [2.45, 2.75) is 19.4 Å². The van der Waals surface area contributed by atoms with Gasteiger partial charge in [0.15, 0.2) is 0 Å². The molecule has 3 rings (SSSR count). The molecule has 0 saturated heterocycles. The number of para-hydroxylation sites is 1. The first kappa shape index (κ1) is 13.7. The molecule has 21 heavy (non-hydrogen) atoms. The summed E-state index contributed by atoms with van der Waals surface area (Å²) < 4.78 is 12.3. The number of aromatic nitrogens is 2. The number of nitrogens with zero attached hydrogens (tertiary/aromatic N) is 2. The number of hydrogen-bond donors (Lipinski definition) is 0. The standard InChI is InChI=1S/C16H18N2O3/c1-20-14-6-4-3-5-12(14)13-10-18-9-11(16(19)21-2)7-8-15(18)17-13/h3-6,10-11H,7-9H2,1-2H3. The van der Waals surface area contributed by atoms with Gasteiger partial charge in [-0.15, -0.1) is 0 Å². The van der Waals surface area contributed by atoms with Crippen molar-refractivity contribution in [3.05, 3.63) is 36.3 Å². The molecule has 0 aliphatic carbocycles. The minimum absolute atomic E-state index is 0.0813. The molecule has 2 aromatic rings. The number of methoxy groups -OCH3 is 2. The summed E-state index contributed by atoms with van der Waals surface area (Å²) in [6.45, 7) is 0.629. The smallest absolute Gasteiger partial charge is 0.310 e. The van der Waals surface area contributed by atoms with Crippen LogP contribution in [0.25, 0.3) is 11.3 Å². The molecular weight excluding hydrogens is 268 g/mol. The molecule has 1 aliphatic heterocycles. The van der Waals surface area contributed by atoms with Crippen LogP contribution in [0, 0.1) is 5.92 Å². The predicted octanol–water partition coefficient (Wildman–Crippen LogP) is 2.29. The summed E-state index contributed by atoms with van der Waals surface area (Å²) in [6, 6.07) is 7.81. The summed E-state index contributed by atoms with van der Waals surface area (Å²) in [5, 5.41) is 0. The highest BCUT2D eigenvalue weighted by Crippen LogP contribution is 2.31. The van der Waals surface area contributed by atoms with E-state index in [4.69, 9.17) is 9.47 Å². The lowest BCUT2D eigenvalue weighted by Gasteiger charge is -2.21. The van der Waals surface area contributed by atoms with Crippen LogP contribution in [-0.2, 0) is 22.5 Å². The van der Waals surface area contributed by atoms with Crippen molar-refractivity contribution in [2.24, 2.45) is 5.92 Å². The molecule has 0 N–H and O–H groups in total. The Hall–Kier alpha value is -2.30. The number of esters is 1. The molecule has 5 heteroatoms. The molecule has 2 heterocycles. The quantitative estimate of drug-likeness (QED) is 0.812. The Morgan fingerprint density at radius 1 is 1.33 bits per heavy atom. The summed E-state index contributed by atoms with van der Waals surface area (Å²) in [5.74, 6) is 1.59. The summed E-state index contributed by atoms with van der Waals surface area (Å²) in [6.07, 6.45) is 3.56. The maximum atomic E-state index is 11.7. The fraction of sp³-hybridized carbons (Fsp3) is 0.375. The first-order valence-corrected chi connectivity index (χ1v) is 7.00. The van der Waals surface area contributed by atoms with E-state index in [-0.39, 0.29) is 11.9 Å². The van der Waals surface area contributed by atoms with Crippen LogP contribution in [0.4, 0.5) is 0 Å². The van der Waals surface area contributed by atoms with Crippen LogP contribution in [0.3, 0.4) is 0 Å². The van der Waals surface area contributed by atoms with E-state index in [0.717, 1.165) is 35.7 Å². The van der Waals surface area contributed by atoms with Crippen molar-refractivity contribution in [3.63, 3.8) is 0 Å². The van der Waals surface area contributed by atoms with Crippen LogP contribution in [0.1, 0.15) is 12.2 Å². The normalized spacial score (nSPS) is 17.1. The van der Waals surface area contributed by atoms with Gasteiger partial charge in [0.1, 0.15) is 11.6 Å². The lowest BCUT2D eigenvalue weighted by Crippen LogP contribution is -2.27. The zero-order chi connectivity index (χ0) is 14.8. The Balaban J connectivity index is 1.92. The van der Waals surface area contributed by atoms with E-state index in [1.54, 1.807) is 7.11 Å². The largest absolute Gasteiger partial charge is 0.496 e. The Labute approximate surface area is 123 Å². The van der Waals surface area contributed by atoms with Crippen molar-refractivity contribution < 1.29 is 14.3 Å². The summed E-state index contributed by atoms with van der Waals surface area (Å²) in [7, 11) is 3.09. The maximum Gasteiger partial charge on any atom is 0.310 e. The Kier molecular flexibility index (Phi) is 3.64. The van der Waals surface area contributed by atoms with Gasteiger partial charge < -0.3 is 14.0 Å². The van der Waals surface area contributed by atoms with Crippen LogP contribution < -0.4 is 4.74 Å². The van der Waals surface area contributed by atoms with E-state index in [9.17, 15) is 4.79 Å². The molecule has 1 aromatic carbocycles. The Bertz CT molecular complexity index is 663. The number of aryl methyl sites for hydroxylation is 1. The van der Waals surface area contributed by atoms with Crippen molar-refractivity contribution in [3.8, 4) is 17.0 Å². The molecule has 0 spiro atoms. The molecule has 1 aromatic heterocycles. The van der Waals surface area contributed by atoms with Gasteiger partial charge in [-0.05, 0) is 18.6 Å².